The standard InChI is InChI=1S/C28H31N5O3/c1-5-28(2,3)29-27(35)26(20-12-11-15-22(18-20)36-4)33(21-13-7-6-8-14-21)25(34)19-32-24-17-10-9-16-23(24)30-31-32/h6-18,26H,5,19H2,1-4H3,(H,29,35)/t26-/m1/s1. The van der Waals surface area contributed by atoms with Crippen LogP contribution in [-0.4, -0.2) is 39.5 Å². The number of aromatic nitrogens is 3. The minimum Gasteiger partial charge on any atom is -0.497 e. The van der Waals surface area contributed by atoms with Crippen molar-refractivity contribution in [1.29, 1.82) is 0 Å². The minimum absolute atomic E-state index is 0.0830. The number of hydrogen-bond donors (Lipinski definition) is 1. The Kier molecular flexibility index (Phi) is 7.33. The van der Waals surface area contributed by atoms with Crippen molar-refractivity contribution in [3.63, 3.8) is 0 Å². The second-order valence-corrected chi connectivity index (χ2v) is 9.24. The van der Waals surface area contributed by atoms with E-state index in [2.05, 4.69) is 15.6 Å². The summed E-state index contributed by atoms with van der Waals surface area (Å²) in [6, 6.07) is 23.0. The molecule has 2 amide bonds. The molecule has 0 saturated heterocycles. The molecule has 0 saturated carbocycles. The number of ether oxygens (including phenoxy) is 1. The van der Waals surface area contributed by atoms with E-state index >= 15 is 0 Å². The van der Waals surface area contributed by atoms with Crippen LogP contribution in [-0.2, 0) is 16.1 Å². The van der Waals surface area contributed by atoms with Gasteiger partial charge in [0.25, 0.3) is 0 Å². The molecule has 1 atom stereocenters. The van der Waals surface area contributed by atoms with Crippen LogP contribution in [0.3, 0.4) is 0 Å². The van der Waals surface area contributed by atoms with Gasteiger partial charge in [0.1, 0.15) is 23.9 Å². The van der Waals surface area contributed by atoms with Crippen LogP contribution < -0.4 is 15.0 Å². The smallest absolute Gasteiger partial charge is 0.249 e. The van der Waals surface area contributed by atoms with Crippen LogP contribution in [0, 0.1) is 0 Å². The molecular formula is C28H31N5O3. The predicted molar refractivity (Wildman–Crippen MR) is 140 cm³/mol. The molecule has 1 aromatic heterocycles. The van der Waals surface area contributed by atoms with E-state index < -0.39 is 11.6 Å². The molecule has 8 heteroatoms. The molecule has 0 bridgehead atoms. The molecule has 186 valence electrons. The molecule has 0 unspecified atom stereocenters. The van der Waals surface area contributed by atoms with Crippen molar-refractivity contribution in [1.82, 2.24) is 20.3 Å². The Labute approximate surface area is 210 Å². The molecular weight excluding hydrogens is 454 g/mol. The van der Waals surface area contributed by atoms with Crippen LogP contribution in [0.1, 0.15) is 38.8 Å². The summed E-state index contributed by atoms with van der Waals surface area (Å²) in [5.74, 6) is 0.0210. The maximum Gasteiger partial charge on any atom is 0.249 e. The van der Waals surface area contributed by atoms with Gasteiger partial charge in [0.2, 0.25) is 11.8 Å². The zero-order chi connectivity index (χ0) is 25.7. The van der Waals surface area contributed by atoms with Gasteiger partial charge in [-0.25, -0.2) is 4.68 Å². The SMILES string of the molecule is CCC(C)(C)NC(=O)[C@@H](c1cccc(OC)c1)N(C(=O)Cn1nnc2ccccc21)c1ccccc1. The van der Waals surface area contributed by atoms with Gasteiger partial charge >= 0.3 is 0 Å². The number of nitrogens with one attached hydrogen (secondary N) is 1. The summed E-state index contributed by atoms with van der Waals surface area (Å²) in [4.78, 5) is 29.4. The first-order valence-corrected chi connectivity index (χ1v) is 11.9. The second kappa shape index (κ2) is 10.6. The van der Waals surface area contributed by atoms with E-state index in [1.807, 2.05) is 93.6 Å². The average molecular weight is 486 g/mol. The van der Waals surface area contributed by atoms with Gasteiger partial charge in [-0.05, 0) is 62.2 Å². The topological polar surface area (TPSA) is 89.4 Å². The average Bonchev–Trinajstić information content (AvgIpc) is 3.30. The molecule has 8 nitrogen and oxygen atoms in total. The normalized spacial score (nSPS) is 12.2. The number of rotatable bonds is 9. The fourth-order valence-corrected chi connectivity index (χ4v) is 3.98. The second-order valence-electron chi connectivity index (χ2n) is 9.24. The fraction of sp³-hybridized carbons (Fsp3) is 0.286. The number of benzene rings is 3. The largest absolute Gasteiger partial charge is 0.497 e. The van der Waals surface area contributed by atoms with Crippen molar-refractivity contribution in [2.45, 2.75) is 45.3 Å². The van der Waals surface area contributed by atoms with Gasteiger partial charge in [-0.15, -0.1) is 5.10 Å². The third-order valence-electron chi connectivity index (χ3n) is 6.27. The highest BCUT2D eigenvalue weighted by Crippen LogP contribution is 2.31. The van der Waals surface area contributed by atoms with Crippen LogP contribution >= 0.6 is 0 Å². The molecule has 36 heavy (non-hydrogen) atoms. The summed E-state index contributed by atoms with van der Waals surface area (Å²) in [6.07, 6.45) is 0.730. The Morgan fingerprint density at radius 3 is 2.47 bits per heavy atom. The quantitative estimate of drug-likeness (QED) is 0.377. The molecule has 1 N–H and O–H groups in total. The molecule has 3 aromatic carbocycles. The van der Waals surface area contributed by atoms with E-state index in [9.17, 15) is 9.59 Å². The van der Waals surface area contributed by atoms with Gasteiger partial charge in [0, 0.05) is 11.2 Å². The number of fused-ring (bicyclic) bond motifs is 1. The number of amides is 2. The number of nitrogens with zero attached hydrogens (tertiary/aromatic N) is 4. The number of carbonyl (C=O) groups excluding carboxylic acids is 2. The molecule has 0 aliphatic heterocycles. The first-order chi connectivity index (χ1) is 17.3. The third-order valence-corrected chi connectivity index (χ3v) is 6.27. The van der Waals surface area contributed by atoms with Crippen LogP contribution in [0.15, 0.2) is 78.9 Å². The van der Waals surface area contributed by atoms with Gasteiger partial charge in [-0.2, -0.15) is 0 Å². The molecule has 0 aliphatic carbocycles. The summed E-state index contributed by atoms with van der Waals surface area (Å²) in [6.45, 7) is 5.85. The minimum atomic E-state index is -0.935. The van der Waals surface area contributed by atoms with Crippen LogP contribution in [0.5, 0.6) is 5.75 Å². The van der Waals surface area contributed by atoms with Crippen molar-refractivity contribution < 1.29 is 14.3 Å². The Morgan fingerprint density at radius 1 is 1.03 bits per heavy atom. The number of methoxy groups -OCH3 is 1. The fourth-order valence-electron chi connectivity index (χ4n) is 3.98. The third kappa shape index (κ3) is 5.38. The Hall–Kier alpha value is -4.20. The van der Waals surface area contributed by atoms with Crippen molar-refractivity contribution in [3.8, 4) is 5.75 Å². The van der Waals surface area contributed by atoms with Crippen LogP contribution in [0.4, 0.5) is 5.69 Å². The molecule has 0 aliphatic rings. The van der Waals surface area contributed by atoms with E-state index in [4.69, 9.17) is 4.74 Å². The zero-order valence-corrected chi connectivity index (χ0v) is 21.0. The van der Waals surface area contributed by atoms with E-state index in [-0.39, 0.29) is 18.4 Å². The van der Waals surface area contributed by atoms with Gasteiger partial charge in [0.15, 0.2) is 0 Å². The maximum absolute atomic E-state index is 14.0. The highest BCUT2D eigenvalue weighted by Gasteiger charge is 2.35. The molecule has 0 radical (unpaired) electrons. The number of para-hydroxylation sites is 2. The molecule has 4 rings (SSSR count). The monoisotopic (exact) mass is 485 g/mol. The van der Waals surface area contributed by atoms with Crippen LogP contribution in [0.2, 0.25) is 0 Å². The van der Waals surface area contributed by atoms with Gasteiger partial charge < -0.3 is 10.1 Å². The lowest BCUT2D eigenvalue weighted by Crippen LogP contribution is -2.51. The van der Waals surface area contributed by atoms with Crippen molar-refractivity contribution in [3.05, 3.63) is 84.4 Å². The Balaban J connectivity index is 1.81. The van der Waals surface area contributed by atoms with Crippen molar-refractivity contribution in [2.24, 2.45) is 0 Å². The lowest BCUT2D eigenvalue weighted by molar-refractivity contribution is -0.128. The first-order valence-electron chi connectivity index (χ1n) is 11.9. The van der Waals surface area contributed by atoms with E-state index in [0.29, 0.717) is 22.5 Å². The molecule has 0 spiro atoms. The lowest BCUT2D eigenvalue weighted by atomic mass is 9.98. The van der Waals surface area contributed by atoms with E-state index in [1.54, 1.807) is 17.9 Å². The summed E-state index contributed by atoms with van der Waals surface area (Å²) >= 11 is 0. The summed E-state index contributed by atoms with van der Waals surface area (Å²) in [5, 5.41) is 11.5. The van der Waals surface area contributed by atoms with Gasteiger partial charge in [-0.1, -0.05) is 54.6 Å². The molecule has 1 heterocycles. The van der Waals surface area contributed by atoms with Crippen LogP contribution in [0.25, 0.3) is 11.0 Å². The first kappa shape index (κ1) is 24.9. The zero-order valence-electron chi connectivity index (χ0n) is 21.0. The van der Waals surface area contributed by atoms with E-state index in [1.165, 1.54) is 4.90 Å². The van der Waals surface area contributed by atoms with Gasteiger partial charge in [-0.3, -0.25) is 14.5 Å². The maximum atomic E-state index is 14.0. The molecule has 0 fully saturated rings. The Morgan fingerprint density at radius 2 is 1.75 bits per heavy atom. The number of anilines is 1. The summed E-state index contributed by atoms with van der Waals surface area (Å²) < 4.78 is 6.99. The number of carbonyl (C=O) groups is 2. The van der Waals surface area contributed by atoms with Crippen molar-refractivity contribution >= 4 is 28.5 Å². The lowest BCUT2D eigenvalue weighted by Gasteiger charge is -2.34. The molecule has 4 aromatic rings. The predicted octanol–water partition coefficient (Wildman–Crippen LogP) is 4.52. The summed E-state index contributed by atoms with van der Waals surface area (Å²) in [7, 11) is 1.57. The Bertz CT molecular complexity index is 1350. The summed E-state index contributed by atoms with van der Waals surface area (Å²) in [5.41, 5.74) is 2.22. The van der Waals surface area contributed by atoms with Gasteiger partial charge in [0.05, 0.1) is 12.6 Å². The highest BCUT2D eigenvalue weighted by molar-refractivity contribution is 6.01. The highest BCUT2D eigenvalue weighted by atomic mass is 16.5. The number of hydrogen-bond acceptors (Lipinski definition) is 5. The van der Waals surface area contributed by atoms with Crippen molar-refractivity contribution in [2.75, 3.05) is 12.0 Å². The van der Waals surface area contributed by atoms with E-state index in [0.717, 1.165) is 11.9 Å².